The van der Waals surface area contributed by atoms with Crippen LogP contribution >= 0.6 is 11.3 Å². The summed E-state index contributed by atoms with van der Waals surface area (Å²) >= 11 is 1.58. The highest BCUT2D eigenvalue weighted by atomic mass is 32.1. The zero-order chi connectivity index (χ0) is 30.2. The highest BCUT2D eigenvalue weighted by Crippen LogP contribution is 2.40. The molecule has 2 aromatic heterocycles. The van der Waals surface area contributed by atoms with Crippen molar-refractivity contribution in [1.29, 1.82) is 0 Å². The Morgan fingerprint density at radius 1 is 1.14 bits per heavy atom. The van der Waals surface area contributed by atoms with E-state index >= 15 is 0 Å². The molecule has 0 spiro atoms. The third kappa shape index (κ3) is 5.86. The predicted molar refractivity (Wildman–Crippen MR) is 158 cm³/mol. The number of fused-ring (bicyclic) bond motifs is 1. The maximum atomic E-state index is 14.2. The Balaban J connectivity index is 1.38. The number of carbonyl (C=O) groups excluding carboxylic acids is 3. The van der Waals surface area contributed by atoms with Crippen LogP contribution in [-0.4, -0.2) is 66.6 Å². The first-order valence-electron chi connectivity index (χ1n) is 13.6. The summed E-state index contributed by atoms with van der Waals surface area (Å²) < 4.78 is 0. The molecule has 2 aromatic carbocycles. The van der Waals surface area contributed by atoms with Crippen LogP contribution in [0.25, 0.3) is 21.5 Å². The molecule has 5 rings (SSSR count). The Kier molecular flexibility index (Phi) is 8.02. The molecule has 3 amide bonds. The average Bonchev–Trinajstić information content (AvgIpc) is 3.56. The molecule has 4 N–H and O–H groups in total. The van der Waals surface area contributed by atoms with Crippen LogP contribution < -0.4 is 11.1 Å². The number of aryl methyl sites for hydroxylation is 1. The third-order valence-corrected chi connectivity index (χ3v) is 8.43. The number of likely N-dealkylation sites (tertiary alicyclic amines) is 1. The van der Waals surface area contributed by atoms with Gasteiger partial charge in [-0.05, 0) is 35.1 Å². The lowest BCUT2D eigenvalue weighted by Crippen LogP contribution is -2.49. The van der Waals surface area contributed by atoms with Crippen LogP contribution in [0.2, 0.25) is 0 Å². The first-order valence-corrected chi connectivity index (χ1v) is 14.5. The minimum absolute atomic E-state index is 0.0247. The van der Waals surface area contributed by atoms with Gasteiger partial charge >= 0.3 is 0 Å². The Labute approximate surface area is 247 Å². The minimum atomic E-state index is -0.847. The summed E-state index contributed by atoms with van der Waals surface area (Å²) in [6, 6.07) is 12.2. The number of hydrogen-bond acceptors (Lipinski definition) is 9. The zero-order valence-electron chi connectivity index (χ0n) is 23.9. The largest absolute Gasteiger partial charge is 0.391 e. The number of rotatable bonds is 7. The first kappa shape index (κ1) is 29.2. The van der Waals surface area contributed by atoms with Gasteiger partial charge in [-0.1, -0.05) is 57.2 Å². The fraction of sp³-hybridized carbons (Fsp3) is 0.367. The van der Waals surface area contributed by atoms with Gasteiger partial charge in [-0.2, -0.15) is 0 Å². The van der Waals surface area contributed by atoms with Gasteiger partial charge in [-0.3, -0.25) is 14.4 Å². The number of primary amides is 1. The number of thiazole rings is 1. The number of nitrogens with one attached hydrogen (secondary N) is 1. The van der Waals surface area contributed by atoms with Crippen molar-refractivity contribution in [3.05, 3.63) is 70.6 Å². The van der Waals surface area contributed by atoms with Gasteiger partial charge in [-0.25, -0.2) is 9.97 Å². The highest BCUT2D eigenvalue weighted by molar-refractivity contribution is 7.13. The van der Waals surface area contributed by atoms with E-state index in [1.54, 1.807) is 29.5 Å². The summed E-state index contributed by atoms with van der Waals surface area (Å²) in [5.74, 6) is -2.50. The number of β-amino-alcohol motifs (C(OH)–C–C–N with tert-alkyl or cyclic N) is 1. The molecule has 1 fully saturated rings. The molecule has 0 saturated carbocycles. The molecule has 218 valence electrons. The summed E-state index contributed by atoms with van der Waals surface area (Å²) in [7, 11) is 0. The van der Waals surface area contributed by atoms with E-state index in [1.807, 2.05) is 57.5 Å². The van der Waals surface area contributed by atoms with E-state index in [0.29, 0.717) is 16.6 Å². The van der Waals surface area contributed by atoms with Crippen molar-refractivity contribution in [3.63, 3.8) is 0 Å². The zero-order valence-corrected chi connectivity index (χ0v) is 24.7. The number of hydrogen-bond donors (Lipinski definition) is 3. The molecule has 11 nitrogen and oxygen atoms in total. The van der Waals surface area contributed by atoms with Gasteiger partial charge < -0.3 is 21.1 Å². The molecule has 4 aromatic rings. The molecule has 3 atom stereocenters. The molecule has 0 unspecified atom stereocenters. The normalized spacial score (nSPS) is 17.8. The average molecular weight is 588 g/mol. The summed E-state index contributed by atoms with van der Waals surface area (Å²) in [6.45, 7) is 8.01. The second-order valence-electron chi connectivity index (χ2n) is 11.6. The van der Waals surface area contributed by atoms with E-state index in [9.17, 15) is 19.5 Å². The standard InChI is InChI=1S/C30H33N7O4S/c1-16-25(42-15-33-16)18-10-8-17(9-11-18)13-32-28(40)22-12-19(38)14-37(22)29(41)23(30(2,3)4)20-6-5-7-21-24(20)34-27(26(31)39)36-35-21/h5-11,15,19,22-23,38H,12-14H2,1-4H3,(H2,31,39)(H,32,40)/t19-,22+,23+/m1/s1. The summed E-state index contributed by atoms with van der Waals surface area (Å²) in [5, 5.41) is 21.4. The molecule has 42 heavy (non-hydrogen) atoms. The van der Waals surface area contributed by atoms with Crippen molar-refractivity contribution in [1.82, 2.24) is 30.4 Å². The molecule has 0 aliphatic carbocycles. The summed E-state index contributed by atoms with van der Waals surface area (Å²) in [6.07, 6.45) is -0.714. The molecule has 12 heteroatoms. The van der Waals surface area contributed by atoms with E-state index < -0.39 is 29.4 Å². The monoisotopic (exact) mass is 587 g/mol. The Morgan fingerprint density at radius 3 is 2.52 bits per heavy atom. The lowest BCUT2D eigenvalue weighted by molar-refractivity contribution is -0.141. The number of carbonyl (C=O) groups is 3. The van der Waals surface area contributed by atoms with Gasteiger partial charge in [0.05, 0.1) is 33.6 Å². The van der Waals surface area contributed by atoms with E-state index in [-0.39, 0.29) is 37.1 Å². The molecule has 1 aliphatic heterocycles. The molecule has 1 saturated heterocycles. The van der Waals surface area contributed by atoms with Crippen molar-refractivity contribution in [2.24, 2.45) is 11.1 Å². The molecular formula is C30H33N7O4S. The number of amides is 3. The second kappa shape index (κ2) is 11.5. The van der Waals surface area contributed by atoms with Crippen molar-refractivity contribution >= 4 is 40.1 Å². The first-order chi connectivity index (χ1) is 19.9. The number of aliphatic hydroxyl groups excluding tert-OH is 1. The molecular weight excluding hydrogens is 554 g/mol. The van der Waals surface area contributed by atoms with Gasteiger partial charge in [0.15, 0.2) is 0 Å². The minimum Gasteiger partial charge on any atom is -0.391 e. The van der Waals surface area contributed by atoms with E-state index in [1.165, 1.54) is 4.90 Å². The fourth-order valence-corrected chi connectivity index (χ4v) is 6.23. The summed E-state index contributed by atoms with van der Waals surface area (Å²) in [4.78, 5) is 50.6. The van der Waals surface area contributed by atoms with Crippen LogP contribution in [0.3, 0.4) is 0 Å². The smallest absolute Gasteiger partial charge is 0.288 e. The van der Waals surface area contributed by atoms with Gasteiger partial charge in [-0.15, -0.1) is 21.5 Å². The van der Waals surface area contributed by atoms with Gasteiger partial charge in [0.1, 0.15) is 11.6 Å². The van der Waals surface area contributed by atoms with E-state index in [0.717, 1.165) is 21.7 Å². The predicted octanol–water partition coefficient (Wildman–Crippen LogP) is 2.96. The lowest BCUT2D eigenvalue weighted by atomic mass is 9.75. The number of nitrogens with zero attached hydrogens (tertiary/aromatic N) is 5. The van der Waals surface area contributed by atoms with Gasteiger partial charge in [0.25, 0.3) is 5.91 Å². The van der Waals surface area contributed by atoms with Crippen LogP contribution in [0.4, 0.5) is 0 Å². The third-order valence-electron chi connectivity index (χ3n) is 7.45. The number of aromatic nitrogens is 4. The van der Waals surface area contributed by atoms with Crippen LogP contribution in [-0.2, 0) is 16.1 Å². The Hall–Kier alpha value is -4.29. The number of nitrogens with two attached hydrogens (primary N) is 1. The molecule has 0 bridgehead atoms. The number of benzene rings is 2. The van der Waals surface area contributed by atoms with Crippen LogP contribution in [0, 0.1) is 12.3 Å². The maximum Gasteiger partial charge on any atom is 0.288 e. The van der Waals surface area contributed by atoms with Gasteiger partial charge in [0.2, 0.25) is 17.6 Å². The van der Waals surface area contributed by atoms with Crippen molar-refractivity contribution in [2.75, 3.05) is 6.54 Å². The molecule has 3 heterocycles. The second-order valence-corrected chi connectivity index (χ2v) is 12.4. The molecule has 0 radical (unpaired) electrons. The number of aliphatic hydroxyl groups is 1. The maximum absolute atomic E-state index is 14.2. The van der Waals surface area contributed by atoms with Crippen LogP contribution in [0.1, 0.15) is 60.5 Å². The van der Waals surface area contributed by atoms with Crippen molar-refractivity contribution in [2.45, 2.75) is 58.7 Å². The molecule has 1 aliphatic rings. The Morgan fingerprint density at radius 2 is 1.88 bits per heavy atom. The van der Waals surface area contributed by atoms with E-state index in [2.05, 4.69) is 25.5 Å². The van der Waals surface area contributed by atoms with Crippen LogP contribution in [0.5, 0.6) is 0 Å². The van der Waals surface area contributed by atoms with Crippen molar-refractivity contribution in [3.8, 4) is 10.4 Å². The van der Waals surface area contributed by atoms with Crippen molar-refractivity contribution < 1.29 is 19.5 Å². The fourth-order valence-electron chi connectivity index (χ4n) is 5.42. The number of para-hydroxylation sites is 1. The SMILES string of the molecule is Cc1ncsc1-c1ccc(CNC(=O)[C@@H]2C[C@@H](O)CN2C(=O)[C@H](c2cccc3nnc(C(N)=O)nc23)C(C)(C)C)cc1. The topological polar surface area (TPSA) is 164 Å². The van der Waals surface area contributed by atoms with E-state index in [4.69, 9.17) is 5.73 Å². The lowest BCUT2D eigenvalue weighted by Gasteiger charge is -2.35. The summed E-state index contributed by atoms with van der Waals surface area (Å²) in [5.41, 5.74) is 10.8. The quantitative estimate of drug-likeness (QED) is 0.297. The highest BCUT2D eigenvalue weighted by Gasteiger charge is 2.45. The Bertz CT molecular complexity index is 1650. The van der Waals surface area contributed by atoms with Gasteiger partial charge in [0, 0.05) is 19.5 Å². The van der Waals surface area contributed by atoms with Crippen LogP contribution in [0.15, 0.2) is 48.0 Å².